The number of allylic oxidation sites excluding steroid dienone is 2. The van der Waals surface area contributed by atoms with Crippen molar-refractivity contribution in [1.29, 1.82) is 0 Å². The first-order valence-electron chi connectivity index (χ1n) is 10.5. The molecule has 0 radical (unpaired) electrons. The van der Waals surface area contributed by atoms with Crippen LogP contribution in [0.25, 0.3) is 0 Å². The lowest BCUT2D eigenvalue weighted by atomic mass is 9.68. The molecule has 27 heavy (non-hydrogen) atoms. The molecule has 0 aromatic heterocycles. The Labute approximate surface area is 162 Å². The van der Waals surface area contributed by atoms with Crippen molar-refractivity contribution in [2.24, 2.45) is 17.8 Å². The molecule has 4 nitrogen and oxygen atoms in total. The number of aliphatic hydroxyl groups is 1. The fourth-order valence-electron chi connectivity index (χ4n) is 5.23. The maximum atomic E-state index is 12.3. The smallest absolute Gasteiger partial charge is 0.310 e. The third kappa shape index (κ3) is 3.94. The molecule has 0 spiro atoms. The first-order valence-corrected chi connectivity index (χ1v) is 10.5. The van der Waals surface area contributed by atoms with Gasteiger partial charge in [0.25, 0.3) is 0 Å². The molecule has 4 rings (SSSR count). The van der Waals surface area contributed by atoms with Crippen molar-refractivity contribution >= 4 is 5.97 Å². The Bertz CT molecular complexity index is 697. The second kappa shape index (κ2) is 7.72. The maximum Gasteiger partial charge on any atom is 0.310 e. The molecule has 3 atom stereocenters. The number of nitrogens with zero attached hydrogens (tertiary/aromatic N) is 1. The largest absolute Gasteiger partial charge is 0.452 e. The molecule has 1 aliphatic heterocycles. The number of fused-ring (bicyclic) bond motifs is 1. The van der Waals surface area contributed by atoms with Crippen LogP contribution in [0.5, 0.6) is 0 Å². The van der Waals surface area contributed by atoms with Gasteiger partial charge in [-0.25, -0.2) is 0 Å². The molecule has 0 bridgehead atoms. The number of carbonyl (C=O) groups is 1. The van der Waals surface area contributed by atoms with Gasteiger partial charge in [0.15, 0.2) is 6.61 Å². The Morgan fingerprint density at radius 2 is 2.00 bits per heavy atom. The molecule has 2 saturated carbocycles. The number of piperidine rings is 1. The topological polar surface area (TPSA) is 49.8 Å². The third-order valence-electron chi connectivity index (χ3n) is 6.97. The summed E-state index contributed by atoms with van der Waals surface area (Å²) in [6.07, 6.45) is 12.0. The summed E-state index contributed by atoms with van der Waals surface area (Å²) >= 11 is 0. The van der Waals surface area contributed by atoms with Crippen molar-refractivity contribution in [2.45, 2.75) is 63.9 Å². The number of rotatable bonds is 5. The molecule has 1 unspecified atom stereocenters. The first-order chi connectivity index (χ1) is 13.1. The average molecular weight is 370 g/mol. The number of esters is 1. The van der Waals surface area contributed by atoms with E-state index in [2.05, 4.69) is 22.8 Å². The van der Waals surface area contributed by atoms with E-state index in [1.165, 1.54) is 31.4 Å². The van der Waals surface area contributed by atoms with Crippen LogP contribution in [0.3, 0.4) is 0 Å². The molecule has 4 aliphatic rings. The summed E-state index contributed by atoms with van der Waals surface area (Å²) in [6.45, 7) is 4.13. The van der Waals surface area contributed by atoms with Gasteiger partial charge in [-0.2, -0.15) is 0 Å². The first kappa shape index (κ1) is 18.6. The van der Waals surface area contributed by atoms with E-state index in [9.17, 15) is 9.90 Å². The zero-order chi connectivity index (χ0) is 18.9. The summed E-state index contributed by atoms with van der Waals surface area (Å²) < 4.78 is 5.22. The molecule has 4 heteroatoms. The van der Waals surface area contributed by atoms with E-state index < -0.39 is 5.60 Å². The molecular formula is C23H31NO3. The van der Waals surface area contributed by atoms with E-state index in [4.69, 9.17) is 4.74 Å². The van der Waals surface area contributed by atoms with Crippen LogP contribution in [-0.4, -0.2) is 41.3 Å². The van der Waals surface area contributed by atoms with E-state index >= 15 is 0 Å². The van der Waals surface area contributed by atoms with Gasteiger partial charge in [-0.1, -0.05) is 31.3 Å². The zero-order valence-corrected chi connectivity index (χ0v) is 16.4. The predicted octanol–water partition coefficient (Wildman–Crippen LogP) is 3.42. The van der Waals surface area contributed by atoms with E-state index in [1.807, 2.05) is 6.08 Å². The van der Waals surface area contributed by atoms with Gasteiger partial charge in [0.05, 0.1) is 12.0 Å². The molecule has 3 aliphatic carbocycles. The molecule has 1 heterocycles. The van der Waals surface area contributed by atoms with Crippen molar-refractivity contribution in [3.05, 3.63) is 23.4 Å². The van der Waals surface area contributed by atoms with Crippen LogP contribution in [0.2, 0.25) is 0 Å². The van der Waals surface area contributed by atoms with Gasteiger partial charge in [-0.3, -0.25) is 4.79 Å². The summed E-state index contributed by atoms with van der Waals surface area (Å²) in [7, 11) is 0. The molecule has 146 valence electrons. The van der Waals surface area contributed by atoms with Crippen molar-refractivity contribution in [1.82, 2.24) is 4.90 Å². The van der Waals surface area contributed by atoms with Crippen molar-refractivity contribution in [3.63, 3.8) is 0 Å². The van der Waals surface area contributed by atoms with E-state index in [0.717, 1.165) is 43.3 Å². The number of likely N-dealkylation sites (tertiary alicyclic amines) is 1. The fraction of sp³-hybridized carbons (Fsp3) is 0.696. The Morgan fingerprint density at radius 1 is 1.26 bits per heavy atom. The van der Waals surface area contributed by atoms with Crippen LogP contribution < -0.4 is 0 Å². The Morgan fingerprint density at radius 3 is 2.70 bits per heavy atom. The molecule has 0 aromatic carbocycles. The summed E-state index contributed by atoms with van der Waals surface area (Å²) in [5.41, 5.74) is 1.17. The number of hydrogen-bond donors (Lipinski definition) is 1. The number of carbonyl (C=O) groups excluding carboxylic acids is 1. The van der Waals surface area contributed by atoms with E-state index in [1.54, 1.807) is 6.92 Å². The SMILES string of the molecule is CC#CCOC(=O)CC1=CC=C(N2C[C@H]3C[C@H]3C2)CC1(O)C1CCCCC1. The second-order valence-electron chi connectivity index (χ2n) is 8.71. The minimum absolute atomic E-state index is 0.127. The van der Waals surface area contributed by atoms with Gasteiger partial charge in [0.2, 0.25) is 0 Å². The van der Waals surface area contributed by atoms with Crippen molar-refractivity contribution in [2.75, 3.05) is 19.7 Å². The van der Waals surface area contributed by atoms with Crippen LogP contribution in [-0.2, 0) is 9.53 Å². The molecule has 0 amide bonds. The summed E-state index contributed by atoms with van der Waals surface area (Å²) in [6, 6.07) is 0. The Kier molecular flexibility index (Phi) is 5.32. The Balaban J connectivity index is 1.51. The number of ether oxygens (including phenoxy) is 1. The van der Waals surface area contributed by atoms with Gasteiger partial charge in [0, 0.05) is 25.2 Å². The van der Waals surface area contributed by atoms with Crippen LogP contribution in [0.4, 0.5) is 0 Å². The molecular weight excluding hydrogens is 338 g/mol. The quantitative estimate of drug-likeness (QED) is 0.596. The fourth-order valence-corrected chi connectivity index (χ4v) is 5.23. The summed E-state index contributed by atoms with van der Waals surface area (Å²) in [4.78, 5) is 14.7. The normalized spacial score (nSPS) is 32.7. The average Bonchev–Trinajstić information content (AvgIpc) is 3.29. The lowest BCUT2D eigenvalue weighted by Crippen LogP contribution is -2.45. The highest BCUT2D eigenvalue weighted by molar-refractivity contribution is 5.73. The van der Waals surface area contributed by atoms with Crippen LogP contribution in [0.1, 0.15) is 58.3 Å². The van der Waals surface area contributed by atoms with Gasteiger partial charge in [0.1, 0.15) is 0 Å². The minimum Gasteiger partial charge on any atom is -0.452 e. The van der Waals surface area contributed by atoms with Crippen LogP contribution in [0.15, 0.2) is 23.4 Å². The minimum atomic E-state index is -0.910. The highest BCUT2D eigenvalue weighted by Gasteiger charge is 2.48. The molecule has 1 saturated heterocycles. The van der Waals surface area contributed by atoms with E-state index in [0.29, 0.717) is 6.42 Å². The molecule has 3 fully saturated rings. The monoisotopic (exact) mass is 369 g/mol. The lowest BCUT2D eigenvalue weighted by molar-refractivity contribution is -0.142. The van der Waals surface area contributed by atoms with Gasteiger partial charge >= 0.3 is 5.97 Å². The Hall–Kier alpha value is -1.73. The van der Waals surface area contributed by atoms with Gasteiger partial charge < -0.3 is 14.7 Å². The third-order valence-corrected chi connectivity index (χ3v) is 6.97. The van der Waals surface area contributed by atoms with Crippen LogP contribution >= 0.6 is 0 Å². The standard InChI is InChI=1S/C23H31NO3/c1-2-3-11-27-22(25)13-20-9-10-21(24-15-17-12-18(17)16-24)14-23(20,26)19-7-5-4-6-8-19/h9-10,17-19,26H,4-8,11-16H2,1H3/t17-,18+,23?. The summed E-state index contributed by atoms with van der Waals surface area (Å²) in [5, 5.41) is 11.8. The van der Waals surface area contributed by atoms with E-state index in [-0.39, 0.29) is 24.9 Å². The van der Waals surface area contributed by atoms with Crippen LogP contribution in [0, 0.1) is 29.6 Å². The molecule has 0 aromatic rings. The highest BCUT2D eigenvalue weighted by atomic mass is 16.5. The van der Waals surface area contributed by atoms with Gasteiger partial charge in [-0.15, -0.1) is 5.92 Å². The zero-order valence-electron chi connectivity index (χ0n) is 16.4. The summed E-state index contributed by atoms with van der Waals surface area (Å²) in [5.74, 6) is 7.17. The molecule has 1 N–H and O–H groups in total. The van der Waals surface area contributed by atoms with Crippen molar-refractivity contribution < 1.29 is 14.6 Å². The number of hydrogen-bond acceptors (Lipinski definition) is 4. The highest BCUT2D eigenvalue weighted by Crippen LogP contribution is 2.49. The van der Waals surface area contributed by atoms with Gasteiger partial charge in [-0.05, 0) is 55.6 Å². The lowest BCUT2D eigenvalue weighted by Gasteiger charge is -2.44. The second-order valence-corrected chi connectivity index (χ2v) is 8.71. The predicted molar refractivity (Wildman–Crippen MR) is 105 cm³/mol. The van der Waals surface area contributed by atoms with Crippen molar-refractivity contribution in [3.8, 4) is 11.8 Å². The maximum absolute atomic E-state index is 12.3.